The van der Waals surface area contributed by atoms with Gasteiger partial charge < -0.3 is 9.80 Å². The summed E-state index contributed by atoms with van der Waals surface area (Å²) in [6.45, 7) is 8.22. The third-order valence-corrected chi connectivity index (χ3v) is 11.7. The molecule has 4 aromatic heterocycles. The van der Waals surface area contributed by atoms with Gasteiger partial charge in [0.2, 0.25) is 10.3 Å². The van der Waals surface area contributed by atoms with Crippen molar-refractivity contribution in [1.29, 1.82) is 0 Å². The van der Waals surface area contributed by atoms with E-state index in [-0.39, 0.29) is 0 Å². The van der Waals surface area contributed by atoms with Crippen LogP contribution in [0.15, 0.2) is 79.1 Å². The molecule has 6 heterocycles. The Labute approximate surface area is 350 Å². The predicted molar refractivity (Wildman–Crippen MR) is 219 cm³/mol. The molecular formula is C39H37Cl2F5N10S2. The Morgan fingerprint density at radius 3 is 1.55 bits per heavy atom. The molecule has 2 aliphatic heterocycles. The minimum Gasteiger partial charge on any atom is -0.344 e. The summed E-state index contributed by atoms with van der Waals surface area (Å²) in [6.07, 6.45) is 0.252. The molecule has 0 amide bonds. The van der Waals surface area contributed by atoms with E-state index in [0.717, 1.165) is 87.3 Å². The molecule has 2 aliphatic rings. The standard InChI is InChI=1S/C20H19ClF3N5S.C19H18ClF2N5S/c21-16-4-6-25-17(13-16)18-26-19(30-27-18)29-10-8-28(9-11-29)7-5-14-2-1-3-15(12-14)20(22,23)24;20-14-3-5-23-17(12-14)18-24-19(28-25-18)27-9-7-26(8-10-27)6-4-13-1-2-15(21)16(22)11-13/h1-4,6,12-13H,5,7-11H2;1-3,5,11-12H,4,6-10H2. The average Bonchev–Trinajstić information content (AvgIpc) is 3.93. The number of benzene rings is 2. The van der Waals surface area contributed by atoms with Crippen LogP contribution in [0, 0.1) is 11.6 Å². The van der Waals surface area contributed by atoms with Gasteiger partial charge in [0.05, 0.1) is 5.56 Å². The van der Waals surface area contributed by atoms with E-state index in [1.807, 2.05) is 0 Å². The van der Waals surface area contributed by atoms with E-state index in [4.69, 9.17) is 23.2 Å². The molecule has 0 unspecified atom stereocenters. The number of hydrogen-bond acceptors (Lipinski definition) is 12. The first-order valence-electron chi connectivity index (χ1n) is 18.4. The lowest BCUT2D eigenvalue weighted by atomic mass is 10.1. The lowest BCUT2D eigenvalue weighted by Gasteiger charge is -2.34. The highest BCUT2D eigenvalue weighted by molar-refractivity contribution is 7.10. The molecule has 0 N–H and O–H groups in total. The molecular weight excluding hydrogens is 839 g/mol. The summed E-state index contributed by atoms with van der Waals surface area (Å²) in [5.74, 6) is -0.446. The minimum absolute atomic E-state index is 0.560. The van der Waals surface area contributed by atoms with E-state index in [1.165, 1.54) is 47.3 Å². The molecule has 0 aliphatic carbocycles. The smallest absolute Gasteiger partial charge is 0.344 e. The number of alkyl halides is 3. The number of rotatable bonds is 10. The Morgan fingerprint density at radius 1 is 0.586 bits per heavy atom. The Hall–Kier alpha value is -4.39. The molecule has 6 aromatic rings. The molecule has 0 bridgehead atoms. The zero-order valence-corrected chi connectivity index (χ0v) is 34.1. The van der Waals surface area contributed by atoms with Crippen molar-refractivity contribution >= 4 is 56.5 Å². The van der Waals surface area contributed by atoms with Crippen molar-refractivity contribution < 1.29 is 22.0 Å². The van der Waals surface area contributed by atoms with E-state index in [2.05, 4.69) is 48.3 Å². The van der Waals surface area contributed by atoms with Crippen LogP contribution in [0.2, 0.25) is 10.0 Å². The third kappa shape index (κ3) is 11.2. The Bertz CT molecular complexity index is 2280. The van der Waals surface area contributed by atoms with Crippen LogP contribution >= 0.6 is 46.3 Å². The molecule has 2 aromatic carbocycles. The maximum Gasteiger partial charge on any atom is 0.416 e. The van der Waals surface area contributed by atoms with Crippen molar-refractivity contribution in [2.75, 3.05) is 75.2 Å². The van der Waals surface area contributed by atoms with Gasteiger partial charge >= 0.3 is 6.18 Å². The third-order valence-electron chi connectivity index (χ3n) is 9.69. The predicted octanol–water partition coefficient (Wildman–Crippen LogP) is 8.53. The average molecular weight is 876 g/mol. The maximum atomic E-state index is 13.3. The molecule has 10 nitrogen and oxygen atoms in total. The van der Waals surface area contributed by atoms with Gasteiger partial charge in [0.15, 0.2) is 23.3 Å². The van der Waals surface area contributed by atoms with Gasteiger partial charge in [-0.15, -0.1) is 0 Å². The van der Waals surface area contributed by atoms with Crippen molar-refractivity contribution in [3.8, 4) is 23.0 Å². The summed E-state index contributed by atoms with van der Waals surface area (Å²) in [6, 6.07) is 16.6. The number of pyridine rings is 2. The topological polar surface area (TPSA) is 90.3 Å². The second-order valence-electron chi connectivity index (χ2n) is 13.6. The quantitative estimate of drug-likeness (QED) is 0.125. The van der Waals surface area contributed by atoms with E-state index >= 15 is 0 Å². The second kappa shape index (κ2) is 19.1. The van der Waals surface area contributed by atoms with Crippen LogP contribution in [0.4, 0.5) is 32.2 Å². The van der Waals surface area contributed by atoms with Gasteiger partial charge in [0, 0.05) is 111 Å². The van der Waals surface area contributed by atoms with Crippen molar-refractivity contribution in [3.63, 3.8) is 0 Å². The van der Waals surface area contributed by atoms with E-state index < -0.39 is 23.4 Å². The van der Waals surface area contributed by atoms with Crippen molar-refractivity contribution in [2.45, 2.75) is 19.0 Å². The first-order chi connectivity index (χ1) is 28.0. The number of anilines is 2. The van der Waals surface area contributed by atoms with Gasteiger partial charge in [-0.1, -0.05) is 47.5 Å². The summed E-state index contributed by atoms with van der Waals surface area (Å²) < 4.78 is 73.7. The first kappa shape index (κ1) is 41.8. The van der Waals surface area contributed by atoms with Gasteiger partial charge in [-0.2, -0.15) is 31.9 Å². The van der Waals surface area contributed by atoms with Crippen LogP contribution in [-0.4, -0.2) is 104 Å². The fourth-order valence-electron chi connectivity index (χ4n) is 6.45. The zero-order chi connectivity index (χ0) is 40.6. The Kier molecular flexibility index (Phi) is 13.8. The molecule has 304 valence electrons. The van der Waals surface area contributed by atoms with E-state index in [9.17, 15) is 22.0 Å². The lowest BCUT2D eigenvalue weighted by molar-refractivity contribution is -0.137. The van der Waals surface area contributed by atoms with Gasteiger partial charge in [-0.25, -0.2) is 8.78 Å². The van der Waals surface area contributed by atoms with Crippen LogP contribution in [0.1, 0.15) is 16.7 Å². The van der Waals surface area contributed by atoms with Crippen LogP contribution < -0.4 is 9.80 Å². The Morgan fingerprint density at radius 2 is 1.09 bits per heavy atom. The molecule has 0 atom stereocenters. The molecule has 0 radical (unpaired) electrons. The van der Waals surface area contributed by atoms with Gasteiger partial charge in [0.1, 0.15) is 11.4 Å². The van der Waals surface area contributed by atoms with Crippen molar-refractivity contribution in [2.24, 2.45) is 0 Å². The maximum absolute atomic E-state index is 13.3. The molecule has 2 fully saturated rings. The minimum atomic E-state index is -4.30. The largest absolute Gasteiger partial charge is 0.416 e. The second-order valence-corrected chi connectivity index (χ2v) is 16.0. The molecule has 2 saturated heterocycles. The highest BCUT2D eigenvalue weighted by atomic mass is 35.5. The molecule has 0 saturated carbocycles. The summed E-state index contributed by atoms with van der Waals surface area (Å²) in [7, 11) is 0. The van der Waals surface area contributed by atoms with Crippen LogP contribution in [0.5, 0.6) is 0 Å². The molecule has 19 heteroatoms. The molecule has 0 spiro atoms. The van der Waals surface area contributed by atoms with Crippen LogP contribution in [0.3, 0.4) is 0 Å². The summed E-state index contributed by atoms with van der Waals surface area (Å²) >= 11 is 14.7. The lowest BCUT2D eigenvalue weighted by Crippen LogP contribution is -2.47. The first-order valence-corrected chi connectivity index (χ1v) is 20.7. The van der Waals surface area contributed by atoms with Gasteiger partial charge in [-0.05, 0) is 66.4 Å². The van der Waals surface area contributed by atoms with Crippen LogP contribution in [0.25, 0.3) is 23.0 Å². The Balaban J connectivity index is 0.000000177. The summed E-state index contributed by atoms with van der Waals surface area (Å²) in [4.78, 5) is 26.7. The number of hydrogen-bond donors (Lipinski definition) is 0. The SMILES string of the molecule is FC(F)(F)c1cccc(CCN2CCN(c3nc(-c4cc(Cl)ccn4)ns3)CC2)c1.Fc1ccc(CCN2CCN(c3nc(-c4cc(Cl)ccn4)ns3)CC2)cc1F. The highest BCUT2D eigenvalue weighted by Gasteiger charge is 2.30. The summed E-state index contributed by atoms with van der Waals surface area (Å²) in [5, 5.41) is 2.91. The number of piperazine rings is 2. The molecule has 58 heavy (non-hydrogen) atoms. The van der Waals surface area contributed by atoms with E-state index in [1.54, 1.807) is 48.8 Å². The van der Waals surface area contributed by atoms with Crippen molar-refractivity contribution in [1.82, 2.24) is 38.5 Å². The number of nitrogens with zero attached hydrogens (tertiary/aromatic N) is 10. The van der Waals surface area contributed by atoms with Crippen LogP contribution in [-0.2, 0) is 19.0 Å². The highest BCUT2D eigenvalue weighted by Crippen LogP contribution is 2.30. The zero-order valence-electron chi connectivity index (χ0n) is 30.9. The monoisotopic (exact) mass is 874 g/mol. The van der Waals surface area contributed by atoms with E-state index in [0.29, 0.717) is 51.5 Å². The van der Waals surface area contributed by atoms with Gasteiger partial charge in [-0.3, -0.25) is 19.8 Å². The fourth-order valence-corrected chi connectivity index (χ4v) is 8.22. The van der Waals surface area contributed by atoms with Crippen molar-refractivity contribution in [3.05, 3.63) is 117 Å². The van der Waals surface area contributed by atoms with Gasteiger partial charge in [0.25, 0.3) is 0 Å². The number of aromatic nitrogens is 6. The molecule has 8 rings (SSSR count). The normalized spacial score (nSPS) is 15.4. The fraction of sp³-hybridized carbons (Fsp3) is 0.333. The summed E-state index contributed by atoms with van der Waals surface area (Å²) in [5.41, 5.74) is 2.23. The number of halogens is 7.